The van der Waals surface area contributed by atoms with E-state index in [1.165, 1.54) is 18.2 Å². The second-order valence-corrected chi connectivity index (χ2v) is 3.46. The van der Waals surface area contributed by atoms with Gasteiger partial charge < -0.3 is 4.74 Å². The second kappa shape index (κ2) is 5.74. The van der Waals surface area contributed by atoms with Crippen molar-refractivity contribution in [2.45, 2.75) is 11.8 Å². The Morgan fingerprint density at radius 2 is 2.19 bits per heavy atom. The fourth-order valence-corrected chi connectivity index (χ4v) is 1.41. The average molecular weight is 296 g/mol. The van der Waals surface area contributed by atoms with Crippen LogP contribution in [0, 0.1) is 10.1 Å². The monoisotopic (exact) mass is 295 g/mol. The molecule has 0 unspecified atom stereocenters. The Morgan fingerprint density at radius 3 is 2.69 bits per heavy atom. The molecule has 0 bridgehead atoms. The van der Waals surface area contributed by atoms with E-state index >= 15 is 0 Å². The lowest BCUT2D eigenvalue weighted by Gasteiger charge is -2.07. The lowest BCUT2D eigenvalue weighted by molar-refractivity contribution is -0.386. The van der Waals surface area contributed by atoms with Gasteiger partial charge in [-0.1, -0.05) is 22.0 Å². The third kappa shape index (κ3) is 3.41. The van der Waals surface area contributed by atoms with E-state index in [9.17, 15) is 18.9 Å². The summed E-state index contributed by atoms with van der Waals surface area (Å²) in [5.74, 6) is -0.137. The van der Waals surface area contributed by atoms with Gasteiger partial charge in [0.15, 0.2) is 5.75 Å². The summed E-state index contributed by atoms with van der Waals surface area (Å²) in [6.07, 6.45) is -2.66. The number of benzene rings is 1. The minimum absolute atomic E-state index is 0.137. The van der Waals surface area contributed by atoms with Gasteiger partial charge in [-0.15, -0.1) is 0 Å². The van der Waals surface area contributed by atoms with E-state index in [1.54, 1.807) is 0 Å². The highest BCUT2D eigenvalue weighted by Crippen LogP contribution is 2.29. The van der Waals surface area contributed by atoms with Crippen LogP contribution in [0.25, 0.3) is 0 Å². The van der Waals surface area contributed by atoms with Crippen molar-refractivity contribution in [3.8, 4) is 5.75 Å². The van der Waals surface area contributed by atoms with E-state index in [0.29, 0.717) is 5.33 Å². The molecule has 0 radical (unpaired) electrons. The van der Waals surface area contributed by atoms with E-state index in [-0.39, 0.29) is 11.4 Å². The first-order valence-corrected chi connectivity index (χ1v) is 5.41. The summed E-state index contributed by atoms with van der Waals surface area (Å²) in [7, 11) is 0. The summed E-state index contributed by atoms with van der Waals surface area (Å²) in [6.45, 7) is -0.855. The molecule has 1 aromatic rings. The minimum Gasteiger partial charge on any atom is -0.481 e. The molecular weight excluding hydrogens is 288 g/mol. The maximum absolute atomic E-state index is 11.9. The van der Waals surface area contributed by atoms with Crippen LogP contribution < -0.4 is 4.74 Å². The number of hydrogen-bond acceptors (Lipinski definition) is 3. The summed E-state index contributed by atoms with van der Waals surface area (Å²) >= 11 is 3.16. The van der Waals surface area contributed by atoms with Crippen LogP contribution >= 0.6 is 15.9 Å². The zero-order valence-corrected chi connectivity index (χ0v) is 9.62. The highest BCUT2D eigenvalue weighted by molar-refractivity contribution is 9.08. The van der Waals surface area contributed by atoms with Crippen LogP contribution in [0.4, 0.5) is 14.5 Å². The molecule has 0 spiro atoms. The predicted octanol–water partition coefficient (Wildman–Crippen LogP) is 3.13. The summed E-state index contributed by atoms with van der Waals surface area (Å²) in [5, 5.41) is 11.1. The molecule has 0 saturated carbocycles. The van der Waals surface area contributed by atoms with Gasteiger partial charge in [-0.2, -0.15) is 0 Å². The van der Waals surface area contributed by atoms with Crippen molar-refractivity contribution in [3.05, 3.63) is 33.9 Å². The average Bonchev–Trinajstić information content (AvgIpc) is 2.25. The van der Waals surface area contributed by atoms with Crippen molar-refractivity contribution >= 4 is 21.6 Å². The molecule has 0 aromatic heterocycles. The number of nitrogens with zero attached hydrogens (tertiary/aromatic N) is 1. The Balaban J connectivity index is 2.96. The molecule has 4 nitrogen and oxygen atoms in total. The van der Waals surface area contributed by atoms with Crippen molar-refractivity contribution in [3.63, 3.8) is 0 Å². The largest absolute Gasteiger partial charge is 0.481 e. The Kier molecular flexibility index (Phi) is 4.60. The first kappa shape index (κ1) is 12.8. The Bertz CT molecular complexity index is 387. The zero-order valence-electron chi connectivity index (χ0n) is 8.03. The summed E-state index contributed by atoms with van der Waals surface area (Å²) in [5.41, 5.74) is 0.403. The molecule has 88 valence electrons. The molecule has 0 atom stereocenters. The SMILES string of the molecule is O=[N+]([O-])c1ccc(CBr)cc1OCC(F)F. The number of nitro benzene ring substituents is 1. The number of alkyl halides is 3. The first-order valence-electron chi connectivity index (χ1n) is 4.29. The molecule has 0 aliphatic heterocycles. The fourth-order valence-electron chi connectivity index (χ4n) is 1.06. The zero-order chi connectivity index (χ0) is 12.1. The summed E-state index contributed by atoms with van der Waals surface area (Å²) in [4.78, 5) is 9.92. The van der Waals surface area contributed by atoms with Crippen molar-refractivity contribution in [2.75, 3.05) is 6.61 Å². The number of hydrogen-bond donors (Lipinski definition) is 0. The van der Waals surface area contributed by atoms with E-state index in [1.807, 2.05) is 0 Å². The maximum Gasteiger partial charge on any atom is 0.310 e. The number of ether oxygens (including phenoxy) is 1. The van der Waals surface area contributed by atoms with Gasteiger partial charge in [0.1, 0.15) is 6.61 Å². The molecule has 0 fully saturated rings. The second-order valence-electron chi connectivity index (χ2n) is 2.89. The smallest absolute Gasteiger partial charge is 0.310 e. The topological polar surface area (TPSA) is 52.4 Å². The van der Waals surface area contributed by atoms with Crippen LogP contribution in [0.15, 0.2) is 18.2 Å². The molecule has 0 heterocycles. The molecule has 7 heteroatoms. The van der Waals surface area contributed by atoms with Gasteiger partial charge in [0.2, 0.25) is 0 Å². The first-order chi connectivity index (χ1) is 7.54. The van der Waals surface area contributed by atoms with Gasteiger partial charge in [0.05, 0.1) is 4.92 Å². The van der Waals surface area contributed by atoms with Gasteiger partial charge in [-0.3, -0.25) is 10.1 Å². The van der Waals surface area contributed by atoms with Crippen LogP contribution in [0.1, 0.15) is 5.56 Å². The fraction of sp³-hybridized carbons (Fsp3) is 0.333. The number of rotatable bonds is 5. The van der Waals surface area contributed by atoms with Crippen LogP contribution in [0.3, 0.4) is 0 Å². The van der Waals surface area contributed by atoms with Gasteiger partial charge >= 0.3 is 5.69 Å². The van der Waals surface area contributed by atoms with E-state index in [4.69, 9.17) is 0 Å². The van der Waals surface area contributed by atoms with E-state index < -0.39 is 18.0 Å². The van der Waals surface area contributed by atoms with Gasteiger partial charge in [-0.25, -0.2) is 8.78 Å². The Labute approximate surface area is 98.5 Å². The third-order valence-corrected chi connectivity index (χ3v) is 2.39. The number of nitro groups is 1. The molecule has 0 saturated heterocycles. The molecule has 0 aliphatic rings. The quantitative estimate of drug-likeness (QED) is 0.476. The molecule has 1 aromatic carbocycles. The van der Waals surface area contributed by atoms with Gasteiger partial charge in [0.25, 0.3) is 6.43 Å². The van der Waals surface area contributed by atoms with Crippen LogP contribution in [0.5, 0.6) is 5.75 Å². The Hall–Kier alpha value is -1.24. The molecule has 0 aliphatic carbocycles. The van der Waals surface area contributed by atoms with Gasteiger partial charge in [-0.05, 0) is 11.6 Å². The van der Waals surface area contributed by atoms with Crippen molar-refractivity contribution in [1.29, 1.82) is 0 Å². The van der Waals surface area contributed by atoms with Crippen molar-refractivity contribution in [2.24, 2.45) is 0 Å². The third-order valence-electron chi connectivity index (χ3n) is 1.74. The van der Waals surface area contributed by atoms with Crippen molar-refractivity contribution in [1.82, 2.24) is 0 Å². The summed E-state index contributed by atoms with van der Waals surface area (Å²) < 4.78 is 28.6. The van der Waals surface area contributed by atoms with Crippen molar-refractivity contribution < 1.29 is 18.4 Å². The predicted molar refractivity (Wildman–Crippen MR) is 57.2 cm³/mol. The van der Waals surface area contributed by atoms with Crippen LogP contribution in [-0.4, -0.2) is 18.0 Å². The molecule has 1 rings (SSSR count). The lowest BCUT2D eigenvalue weighted by Crippen LogP contribution is -2.08. The minimum atomic E-state index is -2.66. The van der Waals surface area contributed by atoms with E-state index in [0.717, 1.165) is 5.56 Å². The summed E-state index contributed by atoms with van der Waals surface area (Å²) in [6, 6.07) is 4.13. The molecule has 16 heavy (non-hydrogen) atoms. The number of halogens is 3. The maximum atomic E-state index is 11.9. The molecular formula is C9H8BrF2NO3. The molecule has 0 N–H and O–H groups in total. The van der Waals surface area contributed by atoms with Crippen LogP contribution in [0.2, 0.25) is 0 Å². The molecule has 0 amide bonds. The van der Waals surface area contributed by atoms with E-state index in [2.05, 4.69) is 20.7 Å². The normalized spacial score (nSPS) is 10.5. The van der Waals surface area contributed by atoms with Gasteiger partial charge in [0, 0.05) is 11.4 Å². The highest BCUT2D eigenvalue weighted by Gasteiger charge is 2.16. The lowest BCUT2D eigenvalue weighted by atomic mass is 10.2. The highest BCUT2D eigenvalue weighted by atomic mass is 79.9. The Morgan fingerprint density at radius 1 is 1.50 bits per heavy atom. The standard InChI is InChI=1S/C9H8BrF2NO3/c10-4-6-1-2-7(13(14)15)8(3-6)16-5-9(11)12/h1-3,9H,4-5H2. The van der Waals surface area contributed by atoms with Crippen LogP contribution in [-0.2, 0) is 5.33 Å².